The summed E-state index contributed by atoms with van der Waals surface area (Å²) < 4.78 is 5.06. The highest BCUT2D eigenvalue weighted by molar-refractivity contribution is 5.72. The standard InChI is InChI=1S/C10H16O2/c1-6-8(3)9(11)12-10(4,5)7-2/h2,8H,6H2,1,3-5H3. The van der Waals surface area contributed by atoms with Gasteiger partial charge in [-0.3, -0.25) is 4.79 Å². The molecule has 0 amide bonds. The molecule has 0 saturated carbocycles. The topological polar surface area (TPSA) is 26.3 Å². The van der Waals surface area contributed by atoms with Gasteiger partial charge >= 0.3 is 5.97 Å². The minimum atomic E-state index is -0.777. The first-order valence-electron chi connectivity index (χ1n) is 4.13. The van der Waals surface area contributed by atoms with Crippen LogP contribution in [-0.4, -0.2) is 11.6 Å². The van der Waals surface area contributed by atoms with E-state index >= 15 is 0 Å². The summed E-state index contributed by atoms with van der Waals surface area (Å²) in [6.45, 7) is 7.17. The summed E-state index contributed by atoms with van der Waals surface area (Å²) in [6.07, 6.45) is 5.95. The molecular weight excluding hydrogens is 152 g/mol. The van der Waals surface area contributed by atoms with E-state index in [1.807, 2.05) is 13.8 Å². The third kappa shape index (κ3) is 3.43. The number of carbonyl (C=O) groups excluding carboxylic acids is 1. The van der Waals surface area contributed by atoms with Gasteiger partial charge in [0.15, 0.2) is 5.60 Å². The summed E-state index contributed by atoms with van der Waals surface area (Å²) in [5.41, 5.74) is -0.777. The molecule has 0 aromatic carbocycles. The smallest absolute Gasteiger partial charge is 0.310 e. The van der Waals surface area contributed by atoms with E-state index < -0.39 is 5.60 Å². The number of esters is 1. The predicted molar refractivity (Wildman–Crippen MR) is 48.5 cm³/mol. The molecule has 0 heterocycles. The lowest BCUT2D eigenvalue weighted by atomic mass is 10.1. The second kappa shape index (κ2) is 4.15. The summed E-state index contributed by atoms with van der Waals surface area (Å²) in [7, 11) is 0. The fraction of sp³-hybridized carbons (Fsp3) is 0.700. The second-order valence-corrected chi connectivity index (χ2v) is 3.39. The van der Waals surface area contributed by atoms with Crippen molar-refractivity contribution in [2.45, 2.75) is 39.7 Å². The molecule has 12 heavy (non-hydrogen) atoms. The lowest BCUT2D eigenvalue weighted by Crippen LogP contribution is -2.28. The number of rotatable bonds is 3. The highest BCUT2D eigenvalue weighted by atomic mass is 16.6. The molecule has 0 aliphatic heterocycles. The van der Waals surface area contributed by atoms with Crippen molar-refractivity contribution in [3.05, 3.63) is 0 Å². The van der Waals surface area contributed by atoms with Gasteiger partial charge < -0.3 is 4.74 Å². The van der Waals surface area contributed by atoms with Crippen LogP contribution >= 0.6 is 0 Å². The molecule has 68 valence electrons. The first-order chi connectivity index (χ1) is 5.43. The molecule has 0 N–H and O–H groups in total. The van der Waals surface area contributed by atoms with Crippen LogP contribution in [0.3, 0.4) is 0 Å². The third-order valence-corrected chi connectivity index (χ3v) is 1.72. The van der Waals surface area contributed by atoms with Crippen molar-refractivity contribution >= 4 is 5.97 Å². The van der Waals surface area contributed by atoms with E-state index in [0.717, 1.165) is 6.42 Å². The molecule has 1 unspecified atom stereocenters. The van der Waals surface area contributed by atoms with Gasteiger partial charge in [-0.15, -0.1) is 6.42 Å². The van der Waals surface area contributed by atoms with Crippen molar-refractivity contribution in [3.63, 3.8) is 0 Å². The first kappa shape index (κ1) is 11.0. The molecule has 0 aromatic rings. The van der Waals surface area contributed by atoms with Crippen molar-refractivity contribution in [2.75, 3.05) is 0 Å². The average molecular weight is 168 g/mol. The van der Waals surface area contributed by atoms with Gasteiger partial charge in [0, 0.05) is 0 Å². The lowest BCUT2D eigenvalue weighted by molar-refractivity contribution is -0.156. The maximum atomic E-state index is 11.2. The zero-order valence-electron chi connectivity index (χ0n) is 8.18. The van der Waals surface area contributed by atoms with Crippen LogP contribution in [0, 0.1) is 18.3 Å². The Bertz CT molecular complexity index is 198. The predicted octanol–water partition coefficient (Wildman–Crippen LogP) is 1.99. The largest absolute Gasteiger partial charge is 0.446 e. The number of hydrogen-bond donors (Lipinski definition) is 0. The first-order valence-corrected chi connectivity index (χ1v) is 4.13. The molecule has 2 heteroatoms. The molecule has 0 aliphatic rings. The molecule has 2 nitrogen and oxygen atoms in total. The van der Waals surface area contributed by atoms with Crippen LogP contribution in [0.1, 0.15) is 34.1 Å². The van der Waals surface area contributed by atoms with Crippen molar-refractivity contribution < 1.29 is 9.53 Å². The van der Waals surface area contributed by atoms with Crippen molar-refractivity contribution in [1.29, 1.82) is 0 Å². The fourth-order valence-corrected chi connectivity index (χ4v) is 0.548. The Labute approximate surface area is 74.3 Å². The Kier molecular flexibility index (Phi) is 3.82. The van der Waals surface area contributed by atoms with Crippen molar-refractivity contribution in [1.82, 2.24) is 0 Å². The van der Waals surface area contributed by atoms with Crippen LogP contribution in [-0.2, 0) is 9.53 Å². The molecule has 0 radical (unpaired) electrons. The van der Waals surface area contributed by atoms with Crippen LogP contribution in [0.4, 0.5) is 0 Å². The average Bonchev–Trinajstić information content (AvgIpc) is 2.02. The zero-order chi connectivity index (χ0) is 9.78. The molecule has 0 aromatic heterocycles. The molecular formula is C10H16O2. The molecule has 0 spiro atoms. The van der Waals surface area contributed by atoms with Crippen LogP contribution in [0.2, 0.25) is 0 Å². The Hall–Kier alpha value is -0.970. The minimum absolute atomic E-state index is 0.0716. The van der Waals surface area contributed by atoms with Crippen molar-refractivity contribution in [3.8, 4) is 12.3 Å². The lowest BCUT2D eigenvalue weighted by Gasteiger charge is -2.20. The summed E-state index contributed by atoms with van der Waals surface area (Å²) >= 11 is 0. The highest BCUT2D eigenvalue weighted by Gasteiger charge is 2.22. The number of carbonyl (C=O) groups is 1. The van der Waals surface area contributed by atoms with Gasteiger partial charge in [0.2, 0.25) is 0 Å². The van der Waals surface area contributed by atoms with Gasteiger partial charge in [-0.25, -0.2) is 0 Å². The number of terminal acetylenes is 1. The van der Waals surface area contributed by atoms with Gasteiger partial charge in [0.05, 0.1) is 5.92 Å². The van der Waals surface area contributed by atoms with Crippen molar-refractivity contribution in [2.24, 2.45) is 5.92 Å². The van der Waals surface area contributed by atoms with E-state index in [0.29, 0.717) is 0 Å². The summed E-state index contributed by atoms with van der Waals surface area (Å²) in [5.74, 6) is 2.11. The molecule has 0 fully saturated rings. The van der Waals surface area contributed by atoms with E-state index in [4.69, 9.17) is 11.2 Å². The van der Waals surface area contributed by atoms with E-state index in [1.54, 1.807) is 13.8 Å². The molecule has 0 rings (SSSR count). The Morgan fingerprint density at radius 3 is 2.50 bits per heavy atom. The number of ether oxygens (including phenoxy) is 1. The summed E-state index contributed by atoms with van der Waals surface area (Å²) in [6, 6.07) is 0. The molecule has 0 aliphatic carbocycles. The van der Waals surface area contributed by atoms with E-state index in [-0.39, 0.29) is 11.9 Å². The quantitative estimate of drug-likeness (QED) is 0.476. The van der Waals surface area contributed by atoms with Crippen LogP contribution < -0.4 is 0 Å². The van der Waals surface area contributed by atoms with Crippen LogP contribution in [0.5, 0.6) is 0 Å². The molecule has 0 saturated heterocycles. The summed E-state index contributed by atoms with van der Waals surface area (Å²) in [4.78, 5) is 11.2. The van der Waals surface area contributed by atoms with Crippen LogP contribution in [0.25, 0.3) is 0 Å². The third-order valence-electron chi connectivity index (χ3n) is 1.72. The normalized spacial score (nSPS) is 13.2. The Morgan fingerprint density at radius 1 is 1.67 bits per heavy atom. The van der Waals surface area contributed by atoms with Gasteiger partial charge in [0.25, 0.3) is 0 Å². The molecule has 0 bridgehead atoms. The van der Waals surface area contributed by atoms with E-state index in [2.05, 4.69) is 5.92 Å². The van der Waals surface area contributed by atoms with E-state index in [1.165, 1.54) is 0 Å². The zero-order valence-corrected chi connectivity index (χ0v) is 8.18. The maximum absolute atomic E-state index is 11.2. The Morgan fingerprint density at radius 2 is 2.17 bits per heavy atom. The Balaban J connectivity index is 4.12. The van der Waals surface area contributed by atoms with Crippen LogP contribution in [0.15, 0.2) is 0 Å². The van der Waals surface area contributed by atoms with E-state index in [9.17, 15) is 4.79 Å². The van der Waals surface area contributed by atoms with Gasteiger partial charge in [-0.05, 0) is 20.3 Å². The SMILES string of the molecule is C#CC(C)(C)OC(=O)C(C)CC. The number of hydrogen-bond acceptors (Lipinski definition) is 2. The molecule has 1 atom stereocenters. The van der Waals surface area contributed by atoms with Gasteiger partial charge in [-0.2, -0.15) is 0 Å². The highest BCUT2D eigenvalue weighted by Crippen LogP contribution is 2.12. The second-order valence-electron chi connectivity index (χ2n) is 3.39. The van der Waals surface area contributed by atoms with Gasteiger partial charge in [-0.1, -0.05) is 19.8 Å². The maximum Gasteiger partial charge on any atom is 0.310 e. The monoisotopic (exact) mass is 168 g/mol. The summed E-state index contributed by atoms with van der Waals surface area (Å²) in [5, 5.41) is 0. The minimum Gasteiger partial charge on any atom is -0.446 e. The van der Waals surface area contributed by atoms with Gasteiger partial charge in [0.1, 0.15) is 0 Å². The fourth-order valence-electron chi connectivity index (χ4n) is 0.548.